The molecule has 1 aliphatic carbocycles. The maximum atomic E-state index is 6.20. The van der Waals surface area contributed by atoms with Crippen LogP contribution in [-0.2, 0) is 11.2 Å². The average molecular weight is 255 g/mol. The van der Waals surface area contributed by atoms with Gasteiger partial charge in [0, 0.05) is 38.7 Å². The first kappa shape index (κ1) is 12.7. The minimum absolute atomic E-state index is 0.668. The molecule has 1 saturated carbocycles. The summed E-state index contributed by atoms with van der Waals surface area (Å²) in [7, 11) is 3.83. The Morgan fingerprint density at radius 1 is 1.53 bits per heavy atom. The van der Waals surface area contributed by atoms with E-state index in [1.54, 1.807) is 13.3 Å². The van der Waals surface area contributed by atoms with Crippen molar-refractivity contribution < 1.29 is 4.74 Å². The minimum Gasteiger partial charge on any atom is -0.385 e. The van der Waals surface area contributed by atoms with Crippen LogP contribution < -0.4 is 4.90 Å². The number of ether oxygens (including phenoxy) is 1. The van der Waals surface area contributed by atoms with Gasteiger partial charge in [0.05, 0.1) is 10.7 Å². The summed E-state index contributed by atoms with van der Waals surface area (Å²) in [5.41, 5.74) is 2.20. The molecular weight excluding hydrogens is 236 g/mol. The Morgan fingerprint density at radius 3 is 2.94 bits per heavy atom. The van der Waals surface area contributed by atoms with Crippen molar-refractivity contribution in [3.05, 3.63) is 23.0 Å². The predicted octanol–water partition coefficient (Wildman–Crippen LogP) is 2.91. The zero-order chi connectivity index (χ0) is 12.3. The summed E-state index contributed by atoms with van der Waals surface area (Å²) in [6, 6.07) is 2.78. The van der Waals surface area contributed by atoms with Crippen LogP contribution in [0.3, 0.4) is 0 Å². The van der Waals surface area contributed by atoms with E-state index >= 15 is 0 Å². The maximum absolute atomic E-state index is 6.20. The van der Waals surface area contributed by atoms with Crippen LogP contribution in [-0.4, -0.2) is 31.8 Å². The topological polar surface area (TPSA) is 25.4 Å². The number of aryl methyl sites for hydroxylation is 1. The number of rotatable bonds is 6. The molecule has 1 heterocycles. The molecule has 3 nitrogen and oxygen atoms in total. The molecule has 0 unspecified atom stereocenters. The van der Waals surface area contributed by atoms with Crippen molar-refractivity contribution in [2.75, 3.05) is 25.7 Å². The Balaban J connectivity index is 2.05. The highest BCUT2D eigenvalue weighted by Crippen LogP contribution is 2.34. The molecule has 0 spiro atoms. The van der Waals surface area contributed by atoms with E-state index in [0.29, 0.717) is 6.04 Å². The van der Waals surface area contributed by atoms with Crippen LogP contribution in [0.5, 0.6) is 0 Å². The second kappa shape index (κ2) is 5.69. The maximum Gasteiger partial charge on any atom is 0.0822 e. The second-order valence-electron chi connectivity index (χ2n) is 4.57. The van der Waals surface area contributed by atoms with Gasteiger partial charge in [0.2, 0.25) is 0 Å². The molecular formula is C13H19ClN2O. The first-order valence-corrected chi connectivity index (χ1v) is 6.46. The van der Waals surface area contributed by atoms with Crippen LogP contribution in [0, 0.1) is 0 Å². The third-order valence-electron chi connectivity index (χ3n) is 3.15. The SMILES string of the molecule is COCCCc1cc(N(C)C2CC2)c(Cl)cn1. The van der Waals surface area contributed by atoms with Gasteiger partial charge in [-0.05, 0) is 31.7 Å². The lowest BCUT2D eigenvalue weighted by Gasteiger charge is -2.20. The van der Waals surface area contributed by atoms with E-state index in [2.05, 4.69) is 23.0 Å². The van der Waals surface area contributed by atoms with E-state index in [9.17, 15) is 0 Å². The molecule has 0 aliphatic heterocycles. The molecule has 4 heteroatoms. The van der Waals surface area contributed by atoms with Gasteiger partial charge in [-0.2, -0.15) is 0 Å². The van der Waals surface area contributed by atoms with Crippen LogP contribution in [0.1, 0.15) is 25.0 Å². The van der Waals surface area contributed by atoms with Crippen LogP contribution >= 0.6 is 11.6 Å². The number of pyridine rings is 1. The van der Waals surface area contributed by atoms with Gasteiger partial charge in [0.1, 0.15) is 0 Å². The Labute approximate surface area is 108 Å². The van der Waals surface area contributed by atoms with Gasteiger partial charge in [-0.15, -0.1) is 0 Å². The summed E-state index contributed by atoms with van der Waals surface area (Å²) < 4.78 is 5.05. The van der Waals surface area contributed by atoms with Crippen LogP contribution in [0.4, 0.5) is 5.69 Å². The molecule has 0 radical (unpaired) electrons. The normalized spacial score (nSPS) is 15.0. The molecule has 17 heavy (non-hydrogen) atoms. The average Bonchev–Trinajstić information content (AvgIpc) is 3.15. The largest absolute Gasteiger partial charge is 0.385 e. The molecule has 0 saturated heterocycles. The standard InChI is InChI=1S/C13H19ClN2O/c1-16(11-5-6-11)13-8-10(4-3-7-17-2)15-9-12(13)14/h8-9,11H,3-7H2,1-2H3. The first-order chi connectivity index (χ1) is 8.22. The molecule has 0 bridgehead atoms. The highest BCUT2D eigenvalue weighted by atomic mass is 35.5. The Kier molecular flexibility index (Phi) is 4.24. The minimum atomic E-state index is 0.668. The summed E-state index contributed by atoms with van der Waals surface area (Å²) in [5, 5.41) is 0.745. The second-order valence-corrected chi connectivity index (χ2v) is 4.97. The molecule has 0 N–H and O–H groups in total. The van der Waals surface area contributed by atoms with Gasteiger partial charge in [-0.1, -0.05) is 11.6 Å². The van der Waals surface area contributed by atoms with E-state index < -0.39 is 0 Å². The van der Waals surface area contributed by atoms with Gasteiger partial charge in [-0.25, -0.2) is 0 Å². The quantitative estimate of drug-likeness (QED) is 0.730. The fourth-order valence-electron chi connectivity index (χ4n) is 1.93. The van der Waals surface area contributed by atoms with Crippen LogP contribution in [0.15, 0.2) is 12.3 Å². The van der Waals surface area contributed by atoms with Gasteiger partial charge < -0.3 is 9.64 Å². The van der Waals surface area contributed by atoms with E-state index in [-0.39, 0.29) is 0 Å². The monoisotopic (exact) mass is 254 g/mol. The highest BCUT2D eigenvalue weighted by molar-refractivity contribution is 6.33. The lowest BCUT2D eigenvalue weighted by atomic mass is 10.2. The summed E-state index contributed by atoms with van der Waals surface area (Å²) in [5.74, 6) is 0. The number of hydrogen-bond acceptors (Lipinski definition) is 3. The van der Waals surface area contributed by atoms with Crippen molar-refractivity contribution in [2.45, 2.75) is 31.7 Å². The summed E-state index contributed by atoms with van der Waals surface area (Å²) >= 11 is 6.20. The van der Waals surface area contributed by atoms with E-state index in [4.69, 9.17) is 16.3 Å². The first-order valence-electron chi connectivity index (χ1n) is 6.08. The number of hydrogen-bond donors (Lipinski definition) is 0. The lowest BCUT2D eigenvalue weighted by Crippen LogP contribution is -2.20. The zero-order valence-corrected chi connectivity index (χ0v) is 11.2. The molecule has 2 rings (SSSR count). The van der Waals surface area contributed by atoms with E-state index in [1.807, 2.05) is 0 Å². The lowest BCUT2D eigenvalue weighted by molar-refractivity contribution is 0.195. The summed E-state index contributed by atoms with van der Waals surface area (Å²) in [4.78, 5) is 6.63. The zero-order valence-electron chi connectivity index (χ0n) is 10.4. The van der Waals surface area contributed by atoms with Crippen molar-refractivity contribution in [1.29, 1.82) is 0 Å². The Bertz CT molecular complexity index is 380. The third-order valence-corrected chi connectivity index (χ3v) is 3.44. The molecule has 1 aromatic rings. The molecule has 0 aromatic carbocycles. The number of methoxy groups -OCH3 is 1. The van der Waals surface area contributed by atoms with Crippen molar-refractivity contribution in [2.24, 2.45) is 0 Å². The van der Waals surface area contributed by atoms with E-state index in [0.717, 1.165) is 35.9 Å². The van der Waals surface area contributed by atoms with Crippen molar-refractivity contribution >= 4 is 17.3 Å². The number of nitrogens with zero attached hydrogens (tertiary/aromatic N) is 2. The Morgan fingerprint density at radius 2 is 2.29 bits per heavy atom. The van der Waals surface area contributed by atoms with Crippen LogP contribution in [0.2, 0.25) is 5.02 Å². The van der Waals surface area contributed by atoms with Crippen molar-refractivity contribution in [1.82, 2.24) is 4.98 Å². The van der Waals surface area contributed by atoms with Crippen molar-refractivity contribution in [3.63, 3.8) is 0 Å². The summed E-state index contributed by atoms with van der Waals surface area (Å²) in [6.07, 6.45) is 6.24. The summed E-state index contributed by atoms with van der Waals surface area (Å²) in [6.45, 7) is 0.776. The fraction of sp³-hybridized carbons (Fsp3) is 0.615. The van der Waals surface area contributed by atoms with Gasteiger partial charge in [-0.3, -0.25) is 4.98 Å². The van der Waals surface area contributed by atoms with Gasteiger partial charge in [0.15, 0.2) is 0 Å². The van der Waals surface area contributed by atoms with E-state index in [1.165, 1.54) is 12.8 Å². The highest BCUT2D eigenvalue weighted by Gasteiger charge is 2.27. The third kappa shape index (κ3) is 3.33. The Hall–Kier alpha value is -0.800. The number of halogens is 1. The number of aromatic nitrogens is 1. The fourth-order valence-corrected chi connectivity index (χ4v) is 2.17. The molecule has 0 amide bonds. The molecule has 0 atom stereocenters. The predicted molar refractivity (Wildman–Crippen MR) is 70.9 cm³/mol. The molecule has 1 aromatic heterocycles. The molecule has 1 aliphatic rings. The van der Waals surface area contributed by atoms with Gasteiger partial charge >= 0.3 is 0 Å². The number of anilines is 1. The van der Waals surface area contributed by atoms with Crippen LogP contribution in [0.25, 0.3) is 0 Å². The molecule has 94 valence electrons. The molecule has 1 fully saturated rings. The van der Waals surface area contributed by atoms with Gasteiger partial charge in [0.25, 0.3) is 0 Å². The smallest absolute Gasteiger partial charge is 0.0822 e. The van der Waals surface area contributed by atoms with Crippen molar-refractivity contribution in [3.8, 4) is 0 Å².